The van der Waals surface area contributed by atoms with E-state index in [0.717, 1.165) is 13.0 Å². The van der Waals surface area contributed by atoms with Gasteiger partial charge in [-0.25, -0.2) is 8.42 Å². The Morgan fingerprint density at radius 2 is 1.90 bits per heavy atom. The molecule has 6 heteroatoms. The second kappa shape index (κ2) is 7.77. The second-order valence-corrected chi connectivity index (χ2v) is 7.50. The topological polar surface area (TPSA) is 75.6 Å². The maximum absolute atomic E-state index is 11.4. The summed E-state index contributed by atoms with van der Waals surface area (Å²) in [5, 5.41) is 12.8. The van der Waals surface area contributed by atoms with Crippen molar-refractivity contribution in [1.29, 1.82) is 0 Å². The minimum absolute atomic E-state index is 0.0450. The summed E-state index contributed by atoms with van der Waals surface area (Å²) < 4.78 is 28.3. The molecule has 1 rings (SSSR count). The van der Waals surface area contributed by atoms with E-state index in [1.54, 1.807) is 12.1 Å². The number of hydrogen-bond donors (Lipinski definition) is 2. The number of hydrogen-bond acceptors (Lipinski definition) is 5. The van der Waals surface area contributed by atoms with E-state index >= 15 is 0 Å². The van der Waals surface area contributed by atoms with Crippen LogP contribution in [0.3, 0.4) is 0 Å². The third-order valence-electron chi connectivity index (χ3n) is 3.33. The largest absolute Gasteiger partial charge is 0.494 e. The van der Waals surface area contributed by atoms with Crippen LogP contribution in [-0.4, -0.2) is 45.1 Å². The molecule has 0 aromatic heterocycles. The number of aliphatic hydroxyl groups excluding tert-OH is 1. The third-order valence-corrected chi connectivity index (χ3v) is 4.45. The zero-order valence-electron chi connectivity index (χ0n) is 12.9. The van der Waals surface area contributed by atoms with Crippen LogP contribution in [-0.2, 0) is 9.84 Å². The van der Waals surface area contributed by atoms with Crippen LogP contribution in [0.4, 0.5) is 0 Å². The smallest absolute Gasteiger partial charge is 0.175 e. The van der Waals surface area contributed by atoms with Crippen molar-refractivity contribution in [2.45, 2.75) is 37.1 Å². The normalized spacial score (nSPS) is 14.7. The second-order valence-electron chi connectivity index (χ2n) is 5.49. The van der Waals surface area contributed by atoms with Gasteiger partial charge in [-0.1, -0.05) is 6.92 Å². The summed E-state index contributed by atoms with van der Waals surface area (Å²) in [6, 6.07) is 6.36. The van der Waals surface area contributed by atoms with Gasteiger partial charge in [0, 0.05) is 18.2 Å². The lowest BCUT2D eigenvalue weighted by atomic mass is 9.99. The molecule has 0 bridgehead atoms. The van der Waals surface area contributed by atoms with Crippen LogP contribution in [0.2, 0.25) is 0 Å². The van der Waals surface area contributed by atoms with Crippen LogP contribution >= 0.6 is 0 Å². The first-order valence-corrected chi connectivity index (χ1v) is 8.99. The minimum atomic E-state index is -3.18. The Morgan fingerprint density at radius 1 is 1.29 bits per heavy atom. The average Bonchev–Trinajstić information content (AvgIpc) is 2.45. The highest BCUT2D eigenvalue weighted by molar-refractivity contribution is 7.90. The Labute approximate surface area is 127 Å². The van der Waals surface area contributed by atoms with Crippen molar-refractivity contribution in [1.82, 2.24) is 5.32 Å². The molecule has 1 unspecified atom stereocenters. The first-order valence-electron chi connectivity index (χ1n) is 7.09. The Hall–Kier alpha value is -1.11. The summed E-state index contributed by atoms with van der Waals surface area (Å²) in [6.07, 6.45) is 2.84. The summed E-state index contributed by atoms with van der Waals surface area (Å²) in [5.41, 5.74) is -0.358. The standard InChI is InChI=1S/C15H25NO4S/c1-4-10-16-15(2,12-17)9-11-20-13-5-7-14(8-6-13)21(3,18)19/h5-8,16-17H,4,9-12H2,1-3H3. The number of sulfone groups is 1. The molecule has 0 amide bonds. The van der Waals surface area contributed by atoms with E-state index in [-0.39, 0.29) is 17.0 Å². The molecule has 0 saturated heterocycles. The molecule has 1 aromatic carbocycles. The fraction of sp³-hybridized carbons (Fsp3) is 0.600. The minimum Gasteiger partial charge on any atom is -0.494 e. The fourth-order valence-electron chi connectivity index (χ4n) is 1.83. The molecule has 2 N–H and O–H groups in total. The highest BCUT2D eigenvalue weighted by Crippen LogP contribution is 2.17. The van der Waals surface area contributed by atoms with E-state index < -0.39 is 9.84 Å². The SMILES string of the molecule is CCCNC(C)(CO)CCOc1ccc(S(C)(=O)=O)cc1. The number of aliphatic hydroxyl groups is 1. The Morgan fingerprint density at radius 3 is 2.38 bits per heavy atom. The predicted octanol–water partition coefficient (Wildman–Crippen LogP) is 1.61. The molecular weight excluding hydrogens is 290 g/mol. The molecule has 1 aromatic rings. The van der Waals surface area contributed by atoms with Crippen LogP contribution in [0.25, 0.3) is 0 Å². The monoisotopic (exact) mass is 315 g/mol. The van der Waals surface area contributed by atoms with Crippen molar-refractivity contribution in [2.24, 2.45) is 0 Å². The number of nitrogens with one attached hydrogen (secondary N) is 1. The number of ether oxygens (including phenoxy) is 1. The van der Waals surface area contributed by atoms with Gasteiger partial charge in [0.15, 0.2) is 9.84 Å². The number of benzene rings is 1. The van der Waals surface area contributed by atoms with Crippen LogP contribution in [0.1, 0.15) is 26.7 Å². The van der Waals surface area contributed by atoms with E-state index in [0.29, 0.717) is 18.8 Å². The summed E-state index contributed by atoms with van der Waals surface area (Å²) in [5.74, 6) is 0.623. The Kier molecular flexibility index (Phi) is 6.64. The zero-order chi connectivity index (χ0) is 15.9. The lowest BCUT2D eigenvalue weighted by Gasteiger charge is -2.28. The molecule has 0 fully saturated rings. The van der Waals surface area contributed by atoms with Crippen LogP contribution in [0.15, 0.2) is 29.2 Å². The predicted molar refractivity (Wildman–Crippen MR) is 83.4 cm³/mol. The van der Waals surface area contributed by atoms with Gasteiger partial charge >= 0.3 is 0 Å². The van der Waals surface area contributed by atoms with E-state index in [1.165, 1.54) is 18.4 Å². The van der Waals surface area contributed by atoms with Gasteiger partial charge in [-0.15, -0.1) is 0 Å². The molecule has 5 nitrogen and oxygen atoms in total. The van der Waals surface area contributed by atoms with Crippen LogP contribution in [0, 0.1) is 0 Å². The van der Waals surface area contributed by atoms with Gasteiger partial charge in [-0.2, -0.15) is 0 Å². The van der Waals surface area contributed by atoms with Gasteiger partial charge in [0.05, 0.1) is 18.1 Å². The quantitative estimate of drug-likeness (QED) is 0.724. The molecule has 120 valence electrons. The summed E-state index contributed by atoms with van der Waals surface area (Å²) in [7, 11) is -3.18. The van der Waals surface area contributed by atoms with Gasteiger partial charge < -0.3 is 15.2 Å². The Balaban J connectivity index is 2.52. The van der Waals surface area contributed by atoms with Crippen molar-refractivity contribution in [3.8, 4) is 5.75 Å². The third kappa shape index (κ3) is 6.03. The molecule has 21 heavy (non-hydrogen) atoms. The highest BCUT2D eigenvalue weighted by Gasteiger charge is 2.22. The van der Waals surface area contributed by atoms with E-state index in [2.05, 4.69) is 12.2 Å². The highest BCUT2D eigenvalue weighted by atomic mass is 32.2. The maximum atomic E-state index is 11.4. The Bertz CT molecular complexity index is 527. The van der Waals surface area contributed by atoms with Crippen molar-refractivity contribution in [3.05, 3.63) is 24.3 Å². The molecule has 0 saturated carbocycles. The first-order chi connectivity index (χ1) is 9.80. The van der Waals surface area contributed by atoms with E-state index in [1.807, 2.05) is 6.92 Å². The molecule has 0 heterocycles. The molecule has 0 aliphatic heterocycles. The maximum Gasteiger partial charge on any atom is 0.175 e. The zero-order valence-corrected chi connectivity index (χ0v) is 13.7. The van der Waals surface area contributed by atoms with Crippen molar-refractivity contribution >= 4 is 9.84 Å². The summed E-state index contributed by atoms with van der Waals surface area (Å²) in [4.78, 5) is 0.277. The molecular formula is C15H25NO4S. The van der Waals surface area contributed by atoms with Gasteiger partial charge in [-0.05, 0) is 44.2 Å². The lowest BCUT2D eigenvalue weighted by molar-refractivity contribution is 0.144. The molecule has 1 atom stereocenters. The average molecular weight is 315 g/mol. The van der Waals surface area contributed by atoms with Crippen LogP contribution < -0.4 is 10.1 Å². The molecule has 0 aliphatic carbocycles. The molecule has 0 radical (unpaired) electrons. The number of rotatable bonds is 9. The van der Waals surface area contributed by atoms with Crippen molar-refractivity contribution in [3.63, 3.8) is 0 Å². The van der Waals surface area contributed by atoms with E-state index in [9.17, 15) is 13.5 Å². The molecule has 0 aliphatic rings. The fourth-order valence-corrected chi connectivity index (χ4v) is 2.46. The van der Waals surface area contributed by atoms with Gasteiger partial charge in [0.2, 0.25) is 0 Å². The summed E-state index contributed by atoms with van der Waals surface area (Å²) >= 11 is 0. The summed E-state index contributed by atoms with van der Waals surface area (Å²) in [6.45, 7) is 5.37. The van der Waals surface area contributed by atoms with Crippen LogP contribution in [0.5, 0.6) is 5.75 Å². The van der Waals surface area contributed by atoms with E-state index in [4.69, 9.17) is 4.74 Å². The van der Waals surface area contributed by atoms with Gasteiger partial charge in [0.1, 0.15) is 5.75 Å². The lowest BCUT2D eigenvalue weighted by Crippen LogP contribution is -2.47. The van der Waals surface area contributed by atoms with Crippen molar-refractivity contribution < 1.29 is 18.3 Å². The van der Waals surface area contributed by atoms with Gasteiger partial charge in [0.25, 0.3) is 0 Å². The van der Waals surface area contributed by atoms with Crippen molar-refractivity contribution in [2.75, 3.05) is 26.0 Å². The van der Waals surface area contributed by atoms with Gasteiger partial charge in [-0.3, -0.25) is 0 Å². The molecule has 0 spiro atoms. The first kappa shape index (κ1) is 17.9.